The van der Waals surface area contributed by atoms with Crippen molar-refractivity contribution < 1.29 is 19.1 Å². The molecule has 1 atom stereocenters. The Morgan fingerprint density at radius 2 is 1.97 bits per heavy atom. The van der Waals surface area contributed by atoms with Crippen LogP contribution in [0.3, 0.4) is 0 Å². The second-order valence-corrected chi connectivity index (χ2v) is 7.15. The summed E-state index contributed by atoms with van der Waals surface area (Å²) < 4.78 is 4.95. The lowest BCUT2D eigenvalue weighted by Gasteiger charge is -2.16. The van der Waals surface area contributed by atoms with Crippen LogP contribution in [-0.2, 0) is 32.1 Å². The molecule has 0 radical (unpaired) electrons. The molecule has 150 valence electrons. The zero-order chi connectivity index (χ0) is 20.6. The normalized spacial score (nSPS) is 11.6. The number of carbonyl (C=O) groups is 3. The summed E-state index contributed by atoms with van der Waals surface area (Å²) in [4.78, 5) is 37.7. The highest BCUT2D eigenvalue weighted by molar-refractivity contribution is 7.13. The van der Waals surface area contributed by atoms with Crippen molar-refractivity contribution in [3.05, 3.63) is 53.4 Å². The first kappa shape index (κ1) is 20.3. The van der Waals surface area contributed by atoms with Crippen LogP contribution in [0.5, 0.6) is 0 Å². The monoisotopic (exact) mass is 413 g/mol. The standard InChI is InChI=1S/C19H19N5O4S/c1-13(25)15(10-14-6-3-2-4-7-14)20-17(26)12-28-18(27)11-24-22-19(21-23-24)16-8-5-9-29-16/h2-9,15H,10-12H2,1H3,(H,20,26)/t15-/m1/s1. The van der Waals surface area contributed by atoms with E-state index in [0.29, 0.717) is 12.2 Å². The fourth-order valence-corrected chi connectivity index (χ4v) is 3.15. The van der Waals surface area contributed by atoms with E-state index >= 15 is 0 Å². The first-order chi connectivity index (χ1) is 14.0. The molecule has 2 heterocycles. The van der Waals surface area contributed by atoms with E-state index in [1.165, 1.54) is 18.3 Å². The molecule has 29 heavy (non-hydrogen) atoms. The first-order valence-electron chi connectivity index (χ1n) is 8.82. The molecule has 0 aliphatic heterocycles. The number of thiophene rings is 1. The fourth-order valence-electron chi connectivity index (χ4n) is 2.50. The molecule has 0 aliphatic rings. The molecule has 0 saturated heterocycles. The molecule has 2 aromatic heterocycles. The molecule has 0 fully saturated rings. The molecule has 1 N–H and O–H groups in total. The lowest BCUT2D eigenvalue weighted by molar-refractivity contribution is -0.149. The minimum absolute atomic E-state index is 0.179. The quantitative estimate of drug-likeness (QED) is 0.525. The van der Waals surface area contributed by atoms with E-state index in [1.807, 2.05) is 47.8 Å². The van der Waals surface area contributed by atoms with Crippen LogP contribution in [0.2, 0.25) is 0 Å². The van der Waals surface area contributed by atoms with Gasteiger partial charge in [0.1, 0.15) is 0 Å². The topological polar surface area (TPSA) is 116 Å². The maximum atomic E-state index is 12.1. The van der Waals surface area contributed by atoms with Crippen LogP contribution < -0.4 is 5.32 Å². The Hall–Kier alpha value is -3.40. The van der Waals surface area contributed by atoms with Crippen LogP contribution in [0.4, 0.5) is 0 Å². The molecular weight excluding hydrogens is 394 g/mol. The third-order valence-electron chi connectivity index (χ3n) is 3.94. The van der Waals surface area contributed by atoms with Gasteiger partial charge in [-0.1, -0.05) is 36.4 Å². The van der Waals surface area contributed by atoms with Crippen molar-refractivity contribution in [3.63, 3.8) is 0 Å². The van der Waals surface area contributed by atoms with E-state index < -0.39 is 24.5 Å². The highest BCUT2D eigenvalue weighted by Crippen LogP contribution is 2.19. The summed E-state index contributed by atoms with van der Waals surface area (Å²) in [5.74, 6) is -1.00. The largest absolute Gasteiger partial charge is 0.454 e. The summed E-state index contributed by atoms with van der Waals surface area (Å²) in [6.07, 6.45) is 0.365. The van der Waals surface area contributed by atoms with Gasteiger partial charge < -0.3 is 10.1 Å². The van der Waals surface area contributed by atoms with Crippen molar-refractivity contribution in [2.24, 2.45) is 0 Å². The number of ether oxygens (including phenoxy) is 1. The Morgan fingerprint density at radius 1 is 1.17 bits per heavy atom. The number of carbonyl (C=O) groups excluding carboxylic acids is 3. The van der Waals surface area contributed by atoms with E-state index in [4.69, 9.17) is 4.74 Å². The highest BCUT2D eigenvalue weighted by Gasteiger charge is 2.19. The van der Waals surface area contributed by atoms with Crippen LogP contribution in [0, 0.1) is 0 Å². The van der Waals surface area contributed by atoms with E-state index in [2.05, 4.69) is 20.7 Å². The number of ketones is 1. The number of tetrazole rings is 1. The second kappa shape index (κ2) is 9.69. The van der Waals surface area contributed by atoms with Crippen LogP contribution in [-0.4, -0.2) is 50.5 Å². The minimum Gasteiger partial charge on any atom is -0.454 e. The lowest BCUT2D eigenvalue weighted by Crippen LogP contribution is -2.43. The Labute approximate surface area is 170 Å². The second-order valence-electron chi connectivity index (χ2n) is 6.20. The van der Waals surface area contributed by atoms with Crippen molar-refractivity contribution in [1.29, 1.82) is 0 Å². The molecule has 9 nitrogen and oxygen atoms in total. The van der Waals surface area contributed by atoms with Gasteiger partial charge in [0.2, 0.25) is 5.82 Å². The van der Waals surface area contributed by atoms with Crippen LogP contribution >= 0.6 is 11.3 Å². The maximum Gasteiger partial charge on any atom is 0.330 e. The predicted octanol–water partition coefficient (Wildman–Crippen LogP) is 1.26. The van der Waals surface area contributed by atoms with Gasteiger partial charge in [0.05, 0.1) is 10.9 Å². The van der Waals surface area contributed by atoms with Gasteiger partial charge in [-0.15, -0.1) is 21.5 Å². The zero-order valence-electron chi connectivity index (χ0n) is 15.6. The van der Waals surface area contributed by atoms with E-state index in [-0.39, 0.29) is 12.3 Å². The van der Waals surface area contributed by atoms with E-state index in [1.54, 1.807) is 0 Å². The van der Waals surface area contributed by atoms with Gasteiger partial charge >= 0.3 is 5.97 Å². The number of benzene rings is 1. The smallest absolute Gasteiger partial charge is 0.330 e. The third-order valence-corrected chi connectivity index (χ3v) is 4.80. The summed E-state index contributed by atoms with van der Waals surface area (Å²) in [7, 11) is 0. The average molecular weight is 413 g/mol. The number of Topliss-reactive ketones (excluding diaryl/α,β-unsaturated/α-hetero) is 1. The molecule has 1 amide bonds. The average Bonchev–Trinajstić information content (AvgIpc) is 3.38. The molecular formula is C19H19N5O4S. The number of hydrogen-bond donors (Lipinski definition) is 1. The van der Waals surface area contributed by atoms with Gasteiger partial charge in [-0.2, -0.15) is 4.80 Å². The van der Waals surface area contributed by atoms with E-state index in [0.717, 1.165) is 15.2 Å². The van der Waals surface area contributed by atoms with Crippen LogP contribution in [0.25, 0.3) is 10.7 Å². The lowest BCUT2D eigenvalue weighted by atomic mass is 10.0. The number of rotatable bonds is 9. The Kier molecular flexibility index (Phi) is 6.80. The number of amides is 1. The Bertz CT molecular complexity index is 972. The summed E-state index contributed by atoms with van der Waals surface area (Å²) in [5.41, 5.74) is 0.920. The van der Waals surface area contributed by atoms with Gasteiger partial charge in [-0.25, -0.2) is 4.79 Å². The number of esters is 1. The number of nitrogens with one attached hydrogen (secondary N) is 1. The fraction of sp³-hybridized carbons (Fsp3) is 0.263. The molecule has 0 spiro atoms. The molecule has 3 rings (SSSR count). The number of aromatic nitrogens is 4. The molecule has 0 saturated carbocycles. The molecule has 0 bridgehead atoms. The Morgan fingerprint density at radius 3 is 2.66 bits per heavy atom. The van der Waals surface area contributed by atoms with Crippen molar-refractivity contribution in [1.82, 2.24) is 25.5 Å². The third kappa shape index (κ3) is 6.04. The van der Waals surface area contributed by atoms with Crippen LogP contribution in [0.1, 0.15) is 12.5 Å². The summed E-state index contributed by atoms with van der Waals surface area (Å²) in [6, 6.07) is 12.4. The molecule has 0 aliphatic carbocycles. The van der Waals surface area contributed by atoms with Gasteiger partial charge in [0.15, 0.2) is 18.9 Å². The van der Waals surface area contributed by atoms with Crippen molar-refractivity contribution in [3.8, 4) is 10.7 Å². The highest BCUT2D eigenvalue weighted by atomic mass is 32.1. The number of nitrogens with zero attached hydrogens (tertiary/aromatic N) is 4. The zero-order valence-corrected chi connectivity index (χ0v) is 16.5. The number of hydrogen-bond acceptors (Lipinski definition) is 8. The summed E-state index contributed by atoms with van der Waals surface area (Å²) in [6.45, 7) is 0.636. The molecule has 1 aromatic carbocycles. The SMILES string of the molecule is CC(=O)[C@@H](Cc1ccccc1)NC(=O)COC(=O)Cn1nnc(-c2cccs2)n1. The van der Waals surface area contributed by atoms with Gasteiger partial charge in [-0.3, -0.25) is 9.59 Å². The molecule has 10 heteroatoms. The molecule has 3 aromatic rings. The first-order valence-corrected chi connectivity index (χ1v) is 9.70. The van der Waals surface area contributed by atoms with Crippen molar-refractivity contribution in [2.75, 3.05) is 6.61 Å². The van der Waals surface area contributed by atoms with Gasteiger partial charge in [0, 0.05) is 0 Å². The maximum absolute atomic E-state index is 12.1. The summed E-state index contributed by atoms with van der Waals surface area (Å²) in [5, 5.41) is 16.2. The summed E-state index contributed by atoms with van der Waals surface area (Å²) >= 11 is 1.46. The minimum atomic E-state index is -0.686. The van der Waals surface area contributed by atoms with Crippen molar-refractivity contribution >= 4 is 29.0 Å². The molecule has 0 unspecified atom stereocenters. The van der Waals surface area contributed by atoms with E-state index in [9.17, 15) is 14.4 Å². The predicted molar refractivity (Wildman–Crippen MR) is 105 cm³/mol. The van der Waals surface area contributed by atoms with Crippen molar-refractivity contribution in [2.45, 2.75) is 25.9 Å². The Balaban J connectivity index is 1.46. The van der Waals surface area contributed by atoms with Crippen LogP contribution in [0.15, 0.2) is 47.8 Å². The van der Waals surface area contributed by atoms with Gasteiger partial charge in [0.25, 0.3) is 5.91 Å². The van der Waals surface area contributed by atoms with Gasteiger partial charge in [-0.05, 0) is 35.6 Å².